The molecule has 20 heavy (non-hydrogen) atoms. The summed E-state index contributed by atoms with van der Waals surface area (Å²) in [6.07, 6.45) is -4.19. The monoisotopic (exact) mass is 286 g/mol. The van der Waals surface area contributed by atoms with E-state index >= 15 is 0 Å². The van der Waals surface area contributed by atoms with Crippen molar-refractivity contribution >= 4 is 5.91 Å². The molecule has 7 heteroatoms. The fourth-order valence-corrected chi connectivity index (χ4v) is 1.34. The first-order valence-electron chi connectivity index (χ1n) is 5.75. The molecule has 0 bridgehead atoms. The fourth-order valence-electron chi connectivity index (χ4n) is 1.34. The van der Waals surface area contributed by atoms with Crippen LogP contribution in [0.1, 0.15) is 12.0 Å². The standard InChI is InChI=1S/C13H13F3N2O2/c1-18(8-2-7-17)12(19)9-20-11-5-3-10(4-6-11)13(14,15)16/h3-6H,2,8-9H2,1H3. The summed E-state index contributed by atoms with van der Waals surface area (Å²) in [5.41, 5.74) is -0.776. The lowest BCUT2D eigenvalue weighted by atomic mass is 10.2. The van der Waals surface area contributed by atoms with Gasteiger partial charge in [0.15, 0.2) is 6.61 Å². The zero-order valence-electron chi connectivity index (χ0n) is 10.8. The summed E-state index contributed by atoms with van der Waals surface area (Å²) in [5.74, 6) is -0.166. The molecule has 4 nitrogen and oxygen atoms in total. The Morgan fingerprint density at radius 2 is 1.95 bits per heavy atom. The van der Waals surface area contributed by atoms with Crippen molar-refractivity contribution in [2.75, 3.05) is 20.2 Å². The second kappa shape index (κ2) is 6.80. The number of alkyl halides is 3. The predicted molar refractivity (Wildman–Crippen MR) is 64.8 cm³/mol. The van der Waals surface area contributed by atoms with Crippen molar-refractivity contribution in [2.24, 2.45) is 0 Å². The van der Waals surface area contributed by atoms with Gasteiger partial charge in [-0.25, -0.2) is 0 Å². The van der Waals surface area contributed by atoms with E-state index in [1.54, 1.807) is 0 Å². The van der Waals surface area contributed by atoms with Crippen molar-refractivity contribution < 1.29 is 22.7 Å². The van der Waals surface area contributed by atoms with Gasteiger partial charge in [0.25, 0.3) is 5.91 Å². The maximum absolute atomic E-state index is 12.3. The topological polar surface area (TPSA) is 53.3 Å². The van der Waals surface area contributed by atoms with Gasteiger partial charge in [-0.3, -0.25) is 4.79 Å². The molecule has 0 saturated carbocycles. The summed E-state index contributed by atoms with van der Waals surface area (Å²) in [6, 6.07) is 6.00. The van der Waals surface area contributed by atoms with Crippen LogP contribution in [-0.4, -0.2) is 31.0 Å². The zero-order chi connectivity index (χ0) is 15.2. The molecule has 0 atom stereocenters. The van der Waals surface area contributed by atoms with Gasteiger partial charge in [-0.2, -0.15) is 18.4 Å². The molecule has 0 saturated heterocycles. The van der Waals surface area contributed by atoms with Gasteiger partial charge in [0, 0.05) is 13.6 Å². The molecule has 0 aliphatic heterocycles. The summed E-state index contributed by atoms with van der Waals surface area (Å²) in [6.45, 7) is -0.000994. The van der Waals surface area contributed by atoms with Gasteiger partial charge in [0.2, 0.25) is 0 Å². The van der Waals surface area contributed by atoms with Crippen LogP contribution in [0.15, 0.2) is 24.3 Å². The summed E-state index contributed by atoms with van der Waals surface area (Å²) < 4.78 is 42.1. The average Bonchev–Trinajstić information content (AvgIpc) is 2.41. The summed E-state index contributed by atoms with van der Waals surface area (Å²) in [4.78, 5) is 12.9. The lowest BCUT2D eigenvalue weighted by molar-refractivity contribution is -0.137. The highest BCUT2D eigenvalue weighted by atomic mass is 19.4. The Kier molecular flexibility index (Phi) is 5.38. The highest BCUT2D eigenvalue weighted by Crippen LogP contribution is 2.30. The number of hydrogen-bond acceptors (Lipinski definition) is 3. The van der Waals surface area contributed by atoms with Crippen LogP contribution in [0.4, 0.5) is 13.2 Å². The minimum atomic E-state index is -4.40. The van der Waals surface area contributed by atoms with E-state index in [1.165, 1.54) is 11.9 Å². The number of carbonyl (C=O) groups is 1. The Bertz CT molecular complexity index is 492. The number of ether oxygens (including phenoxy) is 1. The number of carbonyl (C=O) groups excluding carboxylic acids is 1. The number of hydrogen-bond donors (Lipinski definition) is 0. The molecule has 0 unspecified atom stereocenters. The molecule has 1 aromatic carbocycles. The van der Waals surface area contributed by atoms with Crippen molar-refractivity contribution in [2.45, 2.75) is 12.6 Å². The molecule has 1 aromatic rings. The van der Waals surface area contributed by atoms with Gasteiger partial charge in [-0.05, 0) is 24.3 Å². The molecule has 108 valence electrons. The number of benzene rings is 1. The maximum atomic E-state index is 12.3. The SMILES string of the molecule is CN(CCC#N)C(=O)COc1ccc(C(F)(F)F)cc1. The van der Waals surface area contributed by atoms with Crippen molar-refractivity contribution in [3.05, 3.63) is 29.8 Å². The van der Waals surface area contributed by atoms with Gasteiger partial charge in [0.1, 0.15) is 5.75 Å². The Hall–Kier alpha value is -2.23. The molecule has 0 aromatic heterocycles. The van der Waals surface area contributed by atoms with E-state index in [2.05, 4.69) is 0 Å². The molecule has 0 spiro atoms. The third-order valence-corrected chi connectivity index (χ3v) is 2.53. The number of halogens is 3. The molecular weight excluding hydrogens is 273 g/mol. The van der Waals surface area contributed by atoms with E-state index in [1.807, 2.05) is 6.07 Å². The third kappa shape index (κ3) is 4.80. The van der Waals surface area contributed by atoms with Crippen molar-refractivity contribution in [3.8, 4) is 11.8 Å². The second-order valence-corrected chi connectivity index (χ2v) is 4.03. The van der Waals surface area contributed by atoms with Crippen LogP contribution < -0.4 is 4.74 Å². The molecule has 0 N–H and O–H groups in total. The van der Waals surface area contributed by atoms with Crippen molar-refractivity contribution in [1.29, 1.82) is 5.26 Å². The molecule has 1 rings (SSSR count). The largest absolute Gasteiger partial charge is 0.484 e. The summed E-state index contributed by atoms with van der Waals surface area (Å²) >= 11 is 0. The van der Waals surface area contributed by atoms with E-state index < -0.39 is 11.7 Å². The molecule has 1 amide bonds. The Morgan fingerprint density at radius 1 is 1.35 bits per heavy atom. The fraction of sp³-hybridized carbons (Fsp3) is 0.385. The molecule has 0 fully saturated rings. The Balaban J connectivity index is 2.50. The maximum Gasteiger partial charge on any atom is 0.416 e. The molecule has 0 radical (unpaired) electrons. The van der Waals surface area contributed by atoms with Crippen LogP contribution in [0.5, 0.6) is 5.75 Å². The molecule has 0 aliphatic rings. The van der Waals surface area contributed by atoms with Crippen molar-refractivity contribution in [1.82, 2.24) is 4.90 Å². The lowest BCUT2D eigenvalue weighted by Crippen LogP contribution is -2.32. The summed E-state index contributed by atoms with van der Waals surface area (Å²) in [7, 11) is 1.52. The zero-order valence-corrected chi connectivity index (χ0v) is 10.8. The number of amides is 1. The van der Waals surface area contributed by atoms with E-state index in [4.69, 9.17) is 10.00 Å². The van der Waals surface area contributed by atoms with E-state index in [-0.39, 0.29) is 31.2 Å². The van der Waals surface area contributed by atoms with Gasteiger partial charge in [-0.15, -0.1) is 0 Å². The van der Waals surface area contributed by atoms with E-state index in [0.717, 1.165) is 24.3 Å². The smallest absolute Gasteiger partial charge is 0.416 e. The van der Waals surface area contributed by atoms with E-state index in [0.29, 0.717) is 0 Å². The highest BCUT2D eigenvalue weighted by molar-refractivity contribution is 5.77. The van der Waals surface area contributed by atoms with Gasteiger partial charge in [-0.1, -0.05) is 0 Å². The average molecular weight is 286 g/mol. The Morgan fingerprint density at radius 3 is 2.45 bits per heavy atom. The highest BCUT2D eigenvalue weighted by Gasteiger charge is 2.30. The van der Waals surface area contributed by atoms with Gasteiger partial charge in [0.05, 0.1) is 18.1 Å². The first kappa shape index (κ1) is 15.8. The van der Waals surface area contributed by atoms with Crippen LogP contribution in [0.25, 0.3) is 0 Å². The third-order valence-electron chi connectivity index (χ3n) is 2.53. The number of rotatable bonds is 5. The normalized spacial score (nSPS) is 10.8. The van der Waals surface area contributed by atoms with Crippen LogP contribution in [0, 0.1) is 11.3 Å². The Labute approximate surface area is 114 Å². The van der Waals surface area contributed by atoms with Gasteiger partial charge < -0.3 is 9.64 Å². The number of nitrogens with zero attached hydrogens (tertiary/aromatic N) is 2. The van der Waals surface area contributed by atoms with Crippen molar-refractivity contribution in [3.63, 3.8) is 0 Å². The molecule has 0 aliphatic carbocycles. The molecular formula is C13H13F3N2O2. The minimum absolute atomic E-state index is 0.181. The van der Waals surface area contributed by atoms with Gasteiger partial charge >= 0.3 is 6.18 Å². The first-order chi connectivity index (χ1) is 9.34. The van der Waals surface area contributed by atoms with Crippen LogP contribution in [0.3, 0.4) is 0 Å². The second-order valence-electron chi connectivity index (χ2n) is 4.03. The number of nitriles is 1. The number of likely N-dealkylation sites (N-methyl/N-ethyl adjacent to an activating group) is 1. The van der Waals surface area contributed by atoms with Crippen LogP contribution in [0.2, 0.25) is 0 Å². The quantitative estimate of drug-likeness (QED) is 0.835. The summed E-state index contributed by atoms with van der Waals surface area (Å²) in [5, 5.41) is 8.39. The lowest BCUT2D eigenvalue weighted by Gasteiger charge is -2.16. The van der Waals surface area contributed by atoms with Crippen LogP contribution in [-0.2, 0) is 11.0 Å². The minimum Gasteiger partial charge on any atom is -0.484 e. The van der Waals surface area contributed by atoms with Crippen LogP contribution >= 0.6 is 0 Å². The predicted octanol–water partition coefficient (Wildman–Crippen LogP) is 2.46. The first-order valence-corrected chi connectivity index (χ1v) is 5.75. The van der Waals surface area contributed by atoms with E-state index in [9.17, 15) is 18.0 Å². The molecule has 0 heterocycles.